The Bertz CT molecular complexity index is 659. The Hall–Kier alpha value is -2.12. The van der Waals surface area contributed by atoms with E-state index in [1.807, 2.05) is 30.3 Å². The van der Waals surface area contributed by atoms with E-state index in [2.05, 4.69) is 16.4 Å². The summed E-state index contributed by atoms with van der Waals surface area (Å²) in [5, 5.41) is 13.7. The fraction of sp³-hybridized carbons (Fsp3) is 0.375. The molecule has 102 valence electrons. The number of nitrogens with one attached hydrogen (secondary N) is 1. The molecule has 2 aromatic rings. The Morgan fingerprint density at radius 3 is 2.85 bits per heavy atom. The number of nitrogens with two attached hydrogens (primary N) is 1. The van der Waals surface area contributed by atoms with Crippen LogP contribution in [0.3, 0.4) is 0 Å². The second-order valence-corrected chi connectivity index (χ2v) is 5.39. The summed E-state index contributed by atoms with van der Waals surface area (Å²) in [7, 11) is 0. The zero-order valence-electron chi connectivity index (χ0n) is 11.3. The third-order valence-electron chi connectivity index (χ3n) is 3.99. The maximum Gasteiger partial charge on any atom is 0.144 e. The van der Waals surface area contributed by atoms with Gasteiger partial charge in [-0.05, 0) is 25.0 Å². The van der Waals surface area contributed by atoms with E-state index >= 15 is 0 Å². The molecule has 0 saturated heterocycles. The molecule has 4 nitrogen and oxygen atoms in total. The summed E-state index contributed by atoms with van der Waals surface area (Å²) < 4.78 is 0. The number of aromatic nitrogens is 1. The van der Waals surface area contributed by atoms with Gasteiger partial charge in [0.15, 0.2) is 0 Å². The maximum absolute atomic E-state index is 9.31. The minimum atomic E-state index is 0.142. The number of anilines is 1. The summed E-state index contributed by atoms with van der Waals surface area (Å²) in [4.78, 5) is 4.59. The first kappa shape index (κ1) is 12.9. The van der Waals surface area contributed by atoms with Crippen LogP contribution in [-0.4, -0.2) is 17.1 Å². The second kappa shape index (κ2) is 5.48. The van der Waals surface area contributed by atoms with Gasteiger partial charge in [0.1, 0.15) is 11.9 Å². The predicted octanol–water partition coefficient (Wildman–Crippen LogP) is 2.79. The van der Waals surface area contributed by atoms with Crippen LogP contribution in [0.1, 0.15) is 31.2 Å². The molecule has 3 N–H and O–H groups in total. The molecule has 0 amide bonds. The van der Waals surface area contributed by atoms with E-state index in [9.17, 15) is 5.26 Å². The number of fused-ring (bicyclic) bond motifs is 1. The Morgan fingerprint density at radius 2 is 2.05 bits per heavy atom. The standard InChI is InChI=1S/C16H18N4/c17-10-12-9-11-5-1-3-7-14(11)19-16(12)20-15-8-4-2-6-13(15)18/h1,3,5,7,9,13,15H,2,4,6,8,18H2,(H,19,20). The summed E-state index contributed by atoms with van der Waals surface area (Å²) in [6.07, 6.45) is 4.45. The minimum Gasteiger partial charge on any atom is -0.365 e. The first-order valence-corrected chi connectivity index (χ1v) is 7.10. The molecule has 0 aliphatic heterocycles. The summed E-state index contributed by atoms with van der Waals surface area (Å²) in [5.74, 6) is 0.661. The third kappa shape index (κ3) is 2.45. The summed E-state index contributed by atoms with van der Waals surface area (Å²) in [6.45, 7) is 0. The van der Waals surface area contributed by atoms with Crippen molar-refractivity contribution < 1.29 is 0 Å². The van der Waals surface area contributed by atoms with E-state index in [1.54, 1.807) is 0 Å². The van der Waals surface area contributed by atoms with E-state index < -0.39 is 0 Å². The van der Waals surface area contributed by atoms with Crippen molar-refractivity contribution in [3.63, 3.8) is 0 Å². The summed E-state index contributed by atoms with van der Waals surface area (Å²) in [5.41, 5.74) is 7.64. The van der Waals surface area contributed by atoms with Gasteiger partial charge in [-0.1, -0.05) is 31.0 Å². The molecule has 1 fully saturated rings. The molecule has 1 aromatic heterocycles. The number of rotatable bonds is 2. The van der Waals surface area contributed by atoms with Crippen LogP contribution in [0.4, 0.5) is 5.82 Å². The highest BCUT2D eigenvalue weighted by Gasteiger charge is 2.22. The molecule has 1 aromatic carbocycles. The van der Waals surface area contributed by atoms with E-state index in [1.165, 1.54) is 12.8 Å². The lowest BCUT2D eigenvalue weighted by molar-refractivity contribution is 0.403. The molecule has 0 radical (unpaired) electrons. The van der Waals surface area contributed by atoms with Gasteiger partial charge in [0.2, 0.25) is 0 Å². The second-order valence-electron chi connectivity index (χ2n) is 5.39. The van der Waals surface area contributed by atoms with Crippen LogP contribution in [-0.2, 0) is 0 Å². The Kier molecular flexibility index (Phi) is 3.53. The first-order valence-electron chi connectivity index (χ1n) is 7.10. The quantitative estimate of drug-likeness (QED) is 0.876. The Morgan fingerprint density at radius 1 is 1.25 bits per heavy atom. The Labute approximate surface area is 118 Å². The van der Waals surface area contributed by atoms with Gasteiger partial charge in [-0.25, -0.2) is 4.98 Å². The van der Waals surface area contributed by atoms with Crippen LogP contribution in [0.15, 0.2) is 30.3 Å². The molecular formula is C16H18N4. The summed E-state index contributed by atoms with van der Waals surface area (Å²) in [6, 6.07) is 12.3. The van der Waals surface area contributed by atoms with Crippen molar-refractivity contribution in [2.24, 2.45) is 5.73 Å². The molecule has 1 aliphatic carbocycles. The highest BCUT2D eigenvalue weighted by molar-refractivity contribution is 5.82. The molecule has 20 heavy (non-hydrogen) atoms. The molecule has 1 saturated carbocycles. The van der Waals surface area contributed by atoms with Gasteiger partial charge in [0.25, 0.3) is 0 Å². The van der Waals surface area contributed by atoms with Gasteiger partial charge < -0.3 is 11.1 Å². The fourth-order valence-electron chi connectivity index (χ4n) is 2.83. The lowest BCUT2D eigenvalue weighted by Crippen LogP contribution is -2.42. The molecule has 2 atom stereocenters. The van der Waals surface area contributed by atoms with Crippen molar-refractivity contribution in [3.8, 4) is 6.07 Å². The molecule has 0 spiro atoms. The van der Waals surface area contributed by atoms with Gasteiger partial charge in [0.05, 0.1) is 11.1 Å². The molecule has 0 bridgehead atoms. The average Bonchev–Trinajstić information content (AvgIpc) is 2.49. The lowest BCUT2D eigenvalue weighted by Gasteiger charge is -2.30. The van der Waals surface area contributed by atoms with Crippen LogP contribution in [0.25, 0.3) is 10.9 Å². The van der Waals surface area contributed by atoms with E-state index in [0.29, 0.717) is 11.4 Å². The zero-order valence-corrected chi connectivity index (χ0v) is 11.3. The normalized spacial score (nSPS) is 22.4. The van der Waals surface area contributed by atoms with Crippen molar-refractivity contribution in [3.05, 3.63) is 35.9 Å². The SMILES string of the molecule is N#Cc1cc2ccccc2nc1NC1CCCCC1N. The van der Waals surface area contributed by atoms with Crippen LogP contribution >= 0.6 is 0 Å². The monoisotopic (exact) mass is 266 g/mol. The first-order chi connectivity index (χ1) is 9.78. The molecular weight excluding hydrogens is 248 g/mol. The molecule has 1 heterocycles. The van der Waals surface area contributed by atoms with Gasteiger partial charge in [0, 0.05) is 17.5 Å². The number of pyridine rings is 1. The van der Waals surface area contributed by atoms with E-state index in [4.69, 9.17) is 5.73 Å². The highest BCUT2D eigenvalue weighted by Crippen LogP contribution is 2.24. The maximum atomic E-state index is 9.31. The van der Waals surface area contributed by atoms with Crippen molar-refractivity contribution in [1.82, 2.24) is 4.98 Å². The van der Waals surface area contributed by atoms with Gasteiger partial charge >= 0.3 is 0 Å². The zero-order chi connectivity index (χ0) is 13.9. The third-order valence-corrected chi connectivity index (χ3v) is 3.99. The van der Waals surface area contributed by atoms with Gasteiger partial charge in [-0.2, -0.15) is 5.26 Å². The van der Waals surface area contributed by atoms with Crippen molar-refractivity contribution >= 4 is 16.7 Å². The van der Waals surface area contributed by atoms with E-state index in [-0.39, 0.29) is 12.1 Å². The number of para-hydroxylation sites is 1. The van der Waals surface area contributed by atoms with Gasteiger partial charge in [-0.15, -0.1) is 0 Å². The lowest BCUT2D eigenvalue weighted by atomic mass is 9.91. The van der Waals surface area contributed by atoms with Crippen LogP contribution in [0, 0.1) is 11.3 Å². The van der Waals surface area contributed by atoms with Crippen molar-refractivity contribution in [1.29, 1.82) is 5.26 Å². The van der Waals surface area contributed by atoms with Crippen molar-refractivity contribution in [2.75, 3.05) is 5.32 Å². The topological polar surface area (TPSA) is 74.7 Å². The van der Waals surface area contributed by atoms with Crippen LogP contribution in [0.5, 0.6) is 0 Å². The molecule has 1 aliphatic rings. The van der Waals surface area contributed by atoms with Gasteiger partial charge in [-0.3, -0.25) is 0 Å². The number of hydrogen-bond acceptors (Lipinski definition) is 4. The number of nitrogens with zero attached hydrogens (tertiary/aromatic N) is 2. The van der Waals surface area contributed by atoms with Crippen LogP contribution < -0.4 is 11.1 Å². The average molecular weight is 266 g/mol. The number of nitriles is 1. The molecule has 3 rings (SSSR count). The summed E-state index contributed by atoms with van der Waals surface area (Å²) >= 11 is 0. The molecule has 4 heteroatoms. The Balaban J connectivity index is 1.95. The van der Waals surface area contributed by atoms with Crippen molar-refractivity contribution in [2.45, 2.75) is 37.8 Å². The number of hydrogen-bond donors (Lipinski definition) is 2. The van der Waals surface area contributed by atoms with E-state index in [0.717, 1.165) is 23.7 Å². The smallest absolute Gasteiger partial charge is 0.144 e. The minimum absolute atomic E-state index is 0.142. The predicted molar refractivity (Wildman–Crippen MR) is 80.3 cm³/mol. The molecule has 2 unspecified atom stereocenters. The highest BCUT2D eigenvalue weighted by atomic mass is 15.0. The fourth-order valence-corrected chi connectivity index (χ4v) is 2.83. The largest absolute Gasteiger partial charge is 0.365 e. The number of benzene rings is 1. The van der Waals surface area contributed by atoms with Crippen LogP contribution in [0.2, 0.25) is 0 Å².